The average Bonchev–Trinajstić information content (AvgIpc) is 2.84. The molecule has 20 heavy (non-hydrogen) atoms. The van der Waals surface area contributed by atoms with E-state index in [1.54, 1.807) is 9.58 Å². The van der Waals surface area contributed by atoms with Gasteiger partial charge in [0.15, 0.2) is 0 Å². The SMILES string of the molecule is CN(C)c1nc(NN)nc(NCCc2cnn(C)c2)n1. The van der Waals surface area contributed by atoms with E-state index in [0.29, 0.717) is 24.4 Å². The number of nitrogens with zero attached hydrogens (tertiary/aromatic N) is 6. The normalized spacial score (nSPS) is 10.4. The second-order valence-corrected chi connectivity index (χ2v) is 4.52. The molecule has 0 fully saturated rings. The molecule has 0 saturated carbocycles. The zero-order chi connectivity index (χ0) is 14.5. The molecule has 108 valence electrons. The van der Waals surface area contributed by atoms with Gasteiger partial charge < -0.3 is 10.2 Å². The van der Waals surface area contributed by atoms with Gasteiger partial charge in [0.2, 0.25) is 17.8 Å². The number of hydrogen-bond donors (Lipinski definition) is 3. The fourth-order valence-electron chi connectivity index (χ4n) is 1.63. The number of hydrogen-bond acceptors (Lipinski definition) is 8. The van der Waals surface area contributed by atoms with Crippen molar-refractivity contribution in [2.45, 2.75) is 6.42 Å². The third kappa shape index (κ3) is 3.54. The molecule has 0 amide bonds. The van der Waals surface area contributed by atoms with Crippen molar-refractivity contribution in [2.75, 3.05) is 36.3 Å². The van der Waals surface area contributed by atoms with Crippen molar-refractivity contribution < 1.29 is 0 Å². The Morgan fingerprint density at radius 1 is 1.25 bits per heavy atom. The Kier molecular flexibility index (Phi) is 4.31. The van der Waals surface area contributed by atoms with Crippen molar-refractivity contribution in [1.82, 2.24) is 24.7 Å². The number of anilines is 3. The van der Waals surface area contributed by atoms with Crippen molar-refractivity contribution in [3.8, 4) is 0 Å². The van der Waals surface area contributed by atoms with Crippen LogP contribution in [0.15, 0.2) is 12.4 Å². The van der Waals surface area contributed by atoms with Gasteiger partial charge in [-0.2, -0.15) is 20.1 Å². The van der Waals surface area contributed by atoms with Crippen LogP contribution >= 0.6 is 0 Å². The smallest absolute Gasteiger partial charge is 0.243 e. The van der Waals surface area contributed by atoms with E-state index in [1.807, 2.05) is 33.5 Å². The standard InChI is InChI=1S/C11H19N9/c1-19(2)11-16-9(15-10(17-11)18-12)13-5-4-8-6-14-20(3)7-8/h6-7H,4-5,12H2,1-3H3,(H2,13,15,16,17,18). The molecule has 9 nitrogen and oxygen atoms in total. The minimum atomic E-state index is 0.326. The Morgan fingerprint density at radius 2 is 2.00 bits per heavy atom. The van der Waals surface area contributed by atoms with Gasteiger partial charge in [-0.15, -0.1) is 0 Å². The Morgan fingerprint density at radius 3 is 2.60 bits per heavy atom. The van der Waals surface area contributed by atoms with Gasteiger partial charge in [-0.1, -0.05) is 0 Å². The highest BCUT2D eigenvalue weighted by molar-refractivity contribution is 5.42. The first-order chi connectivity index (χ1) is 9.58. The number of nitrogens with one attached hydrogen (secondary N) is 2. The molecular weight excluding hydrogens is 258 g/mol. The lowest BCUT2D eigenvalue weighted by Crippen LogP contribution is -2.19. The summed E-state index contributed by atoms with van der Waals surface area (Å²) in [5.41, 5.74) is 3.58. The van der Waals surface area contributed by atoms with E-state index in [2.05, 4.69) is 30.8 Å². The molecule has 0 saturated heterocycles. The van der Waals surface area contributed by atoms with Crippen LogP contribution in [0, 0.1) is 0 Å². The number of aryl methyl sites for hydroxylation is 1. The molecule has 0 radical (unpaired) electrons. The Bertz CT molecular complexity index is 563. The Hall–Kier alpha value is -2.42. The van der Waals surface area contributed by atoms with Crippen LogP contribution < -0.4 is 21.5 Å². The highest BCUT2D eigenvalue weighted by Crippen LogP contribution is 2.10. The molecule has 0 aliphatic rings. The molecule has 2 aromatic rings. The fraction of sp³-hybridized carbons (Fsp3) is 0.455. The van der Waals surface area contributed by atoms with Gasteiger partial charge in [0.25, 0.3) is 0 Å². The molecule has 0 unspecified atom stereocenters. The molecule has 0 atom stereocenters. The molecule has 0 aromatic carbocycles. The van der Waals surface area contributed by atoms with Gasteiger partial charge in [0.1, 0.15) is 0 Å². The van der Waals surface area contributed by atoms with Crippen molar-refractivity contribution in [1.29, 1.82) is 0 Å². The minimum absolute atomic E-state index is 0.326. The van der Waals surface area contributed by atoms with Crippen LogP contribution in [0.4, 0.5) is 17.8 Å². The summed E-state index contributed by atoms with van der Waals surface area (Å²) >= 11 is 0. The minimum Gasteiger partial charge on any atom is -0.354 e. The summed E-state index contributed by atoms with van der Waals surface area (Å²) in [6.07, 6.45) is 4.66. The predicted molar refractivity (Wildman–Crippen MR) is 77.4 cm³/mol. The molecule has 2 heterocycles. The zero-order valence-electron chi connectivity index (χ0n) is 11.8. The van der Waals surface area contributed by atoms with Crippen LogP contribution in [0.2, 0.25) is 0 Å². The van der Waals surface area contributed by atoms with E-state index in [4.69, 9.17) is 5.84 Å². The number of nitrogens with two attached hydrogens (primary N) is 1. The maximum absolute atomic E-state index is 5.35. The maximum Gasteiger partial charge on any atom is 0.243 e. The molecule has 0 spiro atoms. The summed E-state index contributed by atoms with van der Waals surface area (Å²) in [6.45, 7) is 0.701. The molecule has 9 heteroatoms. The number of rotatable bonds is 6. The second kappa shape index (κ2) is 6.15. The predicted octanol–water partition coefficient (Wildman–Crippen LogP) is -0.389. The largest absolute Gasteiger partial charge is 0.354 e. The quantitative estimate of drug-likeness (QED) is 0.484. The van der Waals surface area contributed by atoms with E-state index >= 15 is 0 Å². The summed E-state index contributed by atoms with van der Waals surface area (Å²) in [5.74, 6) is 6.70. The van der Waals surface area contributed by atoms with Crippen LogP contribution in [0.1, 0.15) is 5.56 Å². The van der Waals surface area contributed by atoms with Crippen molar-refractivity contribution in [2.24, 2.45) is 12.9 Å². The molecule has 0 aliphatic heterocycles. The summed E-state index contributed by atoms with van der Waals surface area (Å²) in [5, 5.41) is 7.27. The lowest BCUT2D eigenvalue weighted by molar-refractivity contribution is 0.766. The van der Waals surface area contributed by atoms with Gasteiger partial charge in [-0.25, -0.2) is 5.84 Å². The molecule has 4 N–H and O–H groups in total. The monoisotopic (exact) mass is 277 g/mol. The maximum atomic E-state index is 5.35. The molecule has 2 rings (SSSR count). The van der Waals surface area contributed by atoms with Crippen molar-refractivity contribution in [3.63, 3.8) is 0 Å². The van der Waals surface area contributed by atoms with Gasteiger partial charge >= 0.3 is 0 Å². The van der Waals surface area contributed by atoms with Gasteiger partial charge in [-0.05, 0) is 12.0 Å². The summed E-state index contributed by atoms with van der Waals surface area (Å²) in [7, 11) is 5.61. The van der Waals surface area contributed by atoms with Gasteiger partial charge in [0.05, 0.1) is 6.20 Å². The van der Waals surface area contributed by atoms with E-state index < -0.39 is 0 Å². The summed E-state index contributed by atoms with van der Waals surface area (Å²) < 4.78 is 1.78. The van der Waals surface area contributed by atoms with Crippen LogP contribution in [0.3, 0.4) is 0 Å². The zero-order valence-corrected chi connectivity index (χ0v) is 11.8. The lowest BCUT2D eigenvalue weighted by atomic mass is 10.2. The Balaban J connectivity index is 1.99. The van der Waals surface area contributed by atoms with E-state index in [1.165, 1.54) is 0 Å². The van der Waals surface area contributed by atoms with Gasteiger partial charge in [-0.3, -0.25) is 10.1 Å². The van der Waals surface area contributed by atoms with Crippen LogP contribution in [-0.2, 0) is 13.5 Å². The van der Waals surface area contributed by atoms with Crippen LogP contribution in [0.5, 0.6) is 0 Å². The second-order valence-electron chi connectivity index (χ2n) is 4.52. The molecule has 2 aromatic heterocycles. The number of aromatic nitrogens is 5. The molecule has 0 bridgehead atoms. The van der Waals surface area contributed by atoms with Crippen molar-refractivity contribution >= 4 is 17.8 Å². The first-order valence-corrected chi connectivity index (χ1v) is 6.20. The first-order valence-electron chi connectivity index (χ1n) is 6.20. The highest BCUT2D eigenvalue weighted by Gasteiger charge is 2.07. The third-order valence-electron chi connectivity index (χ3n) is 2.61. The van der Waals surface area contributed by atoms with E-state index in [0.717, 1.165) is 12.0 Å². The third-order valence-corrected chi connectivity index (χ3v) is 2.61. The molecule has 0 aliphatic carbocycles. The number of hydrazine groups is 1. The average molecular weight is 277 g/mol. The Labute approximate surface area is 117 Å². The van der Waals surface area contributed by atoms with E-state index in [9.17, 15) is 0 Å². The van der Waals surface area contributed by atoms with Crippen LogP contribution in [0.25, 0.3) is 0 Å². The molecular formula is C11H19N9. The highest BCUT2D eigenvalue weighted by atomic mass is 15.4. The first kappa shape index (κ1) is 14.0. The van der Waals surface area contributed by atoms with E-state index in [-0.39, 0.29) is 0 Å². The number of nitrogen functional groups attached to an aromatic ring is 1. The summed E-state index contributed by atoms with van der Waals surface area (Å²) in [6, 6.07) is 0. The van der Waals surface area contributed by atoms with Gasteiger partial charge in [0, 0.05) is 33.9 Å². The van der Waals surface area contributed by atoms with Crippen molar-refractivity contribution in [3.05, 3.63) is 18.0 Å². The summed E-state index contributed by atoms with van der Waals surface area (Å²) in [4.78, 5) is 14.4. The lowest BCUT2D eigenvalue weighted by Gasteiger charge is -2.12. The topological polar surface area (TPSA) is 110 Å². The fourth-order valence-corrected chi connectivity index (χ4v) is 1.63. The van der Waals surface area contributed by atoms with Crippen LogP contribution in [-0.4, -0.2) is 45.4 Å².